The highest BCUT2D eigenvalue weighted by Crippen LogP contribution is 2.62. The molecule has 17 heteroatoms. The lowest BCUT2D eigenvalue weighted by Crippen LogP contribution is -2.70. The maximum absolute atomic E-state index is 15.2. The van der Waals surface area contributed by atoms with E-state index in [2.05, 4.69) is 23.6 Å². The molecule has 1 saturated heterocycles. The van der Waals surface area contributed by atoms with Gasteiger partial charge in [-0.1, -0.05) is 66.5 Å². The van der Waals surface area contributed by atoms with Crippen LogP contribution in [0.4, 0.5) is 10.5 Å². The van der Waals surface area contributed by atoms with Crippen molar-refractivity contribution in [1.82, 2.24) is 9.80 Å². The maximum Gasteiger partial charge on any atom is 0.410 e. The van der Waals surface area contributed by atoms with E-state index in [0.717, 1.165) is 67.6 Å². The lowest BCUT2D eigenvalue weighted by molar-refractivity contribution is -0.384. The van der Waals surface area contributed by atoms with Crippen LogP contribution < -0.4 is 18.9 Å². The number of hydrogen-bond acceptors (Lipinski definition) is 15. The van der Waals surface area contributed by atoms with E-state index in [1.807, 2.05) is 60.7 Å². The Hall–Kier alpha value is -6.50. The van der Waals surface area contributed by atoms with Gasteiger partial charge in [0.25, 0.3) is 5.69 Å². The van der Waals surface area contributed by atoms with Gasteiger partial charge in [-0.25, -0.2) is 4.79 Å². The number of fused-ring (bicyclic) bond motifs is 3. The second-order valence-electron chi connectivity index (χ2n) is 19.1. The molecule has 1 amide bonds. The number of benzene rings is 4. The number of carbonyl (C=O) groups is 1. The molecular weight excluding hydrogens is 937 g/mol. The molecule has 3 heterocycles. The van der Waals surface area contributed by atoms with Gasteiger partial charge in [0.2, 0.25) is 12.6 Å². The number of aliphatic hydroxyl groups is 2. The number of non-ortho nitro benzene ring substituents is 1. The first-order valence-electron chi connectivity index (χ1n) is 25.5. The molecule has 0 aromatic heterocycles. The van der Waals surface area contributed by atoms with Crippen molar-refractivity contribution in [3.8, 4) is 23.0 Å². The summed E-state index contributed by atoms with van der Waals surface area (Å²) in [6.07, 6.45) is 7.73. The molecule has 2 N–H and O–H groups in total. The Balaban J connectivity index is 1.17. The van der Waals surface area contributed by atoms with E-state index in [9.17, 15) is 20.3 Å². The molecule has 0 bridgehead atoms. The average molecular weight is 1000 g/mol. The van der Waals surface area contributed by atoms with E-state index >= 15 is 4.79 Å². The summed E-state index contributed by atoms with van der Waals surface area (Å²) >= 11 is 0. The molecule has 6 unspecified atom stereocenters. The molecule has 4 aromatic rings. The van der Waals surface area contributed by atoms with Crippen molar-refractivity contribution >= 4 is 17.5 Å². The van der Waals surface area contributed by atoms with Crippen molar-refractivity contribution < 1.29 is 57.9 Å². The fourth-order valence-corrected chi connectivity index (χ4v) is 10.8. The second kappa shape index (κ2) is 24.5. The molecule has 2 fully saturated rings. The van der Waals surface area contributed by atoms with Crippen molar-refractivity contribution in [1.29, 1.82) is 0 Å². The third kappa shape index (κ3) is 12.3. The number of unbranched alkanes of at least 4 members (excludes halogenated alkanes) is 2. The Bertz CT molecular complexity index is 2570. The molecule has 0 spiro atoms. The summed E-state index contributed by atoms with van der Waals surface area (Å²) in [6, 6.07) is 26.5. The number of nitro benzene ring substituents is 1. The topological polar surface area (TPSA) is 193 Å². The van der Waals surface area contributed by atoms with Crippen molar-refractivity contribution in [2.75, 3.05) is 66.1 Å². The summed E-state index contributed by atoms with van der Waals surface area (Å²) in [6.45, 7) is 8.29. The van der Waals surface area contributed by atoms with Gasteiger partial charge < -0.3 is 48.2 Å². The predicted octanol–water partition coefficient (Wildman–Crippen LogP) is 8.71. The Kier molecular flexibility index (Phi) is 17.2. The average Bonchev–Trinajstić information content (AvgIpc) is 4.12. The summed E-state index contributed by atoms with van der Waals surface area (Å²) in [7, 11) is 0. The molecule has 5 aliphatic rings. The van der Waals surface area contributed by atoms with Gasteiger partial charge in [0.15, 0.2) is 11.5 Å². The molecule has 9 rings (SSSR count). The lowest BCUT2D eigenvalue weighted by Gasteiger charge is -2.59. The van der Waals surface area contributed by atoms with Gasteiger partial charge in [-0.15, -0.1) is 6.58 Å². The Morgan fingerprint density at radius 1 is 0.877 bits per heavy atom. The van der Waals surface area contributed by atoms with Crippen molar-refractivity contribution in [3.63, 3.8) is 0 Å². The molecule has 17 nitrogen and oxygen atoms in total. The first-order valence-corrected chi connectivity index (χ1v) is 25.5. The van der Waals surface area contributed by atoms with Gasteiger partial charge in [-0.3, -0.25) is 19.9 Å². The van der Waals surface area contributed by atoms with Crippen molar-refractivity contribution in [3.05, 3.63) is 148 Å². The van der Waals surface area contributed by atoms with Crippen molar-refractivity contribution in [2.24, 2.45) is 22.9 Å². The van der Waals surface area contributed by atoms with Crippen LogP contribution in [0, 0.1) is 27.9 Å². The number of ether oxygens (including phenoxy) is 7. The largest absolute Gasteiger partial charge is 0.492 e. The molecule has 3 aliphatic heterocycles. The molecule has 73 heavy (non-hydrogen) atoms. The number of nitro groups is 1. The van der Waals surface area contributed by atoms with Crippen LogP contribution in [0.15, 0.2) is 120 Å². The number of hydrogen-bond donors (Lipinski definition) is 2. The molecule has 388 valence electrons. The summed E-state index contributed by atoms with van der Waals surface area (Å²) in [5, 5.41) is 36.5. The lowest BCUT2D eigenvalue weighted by atomic mass is 9.55. The SMILES string of the molecule is C=CCOC12Oc3ccc(OCCN4CC4)cc3C3C(CCCCO)C(CCCCO)C=C(C(=NOCc4ccc([N+](=O)[O-])cc4)CC1N(Cc1ccc4c(c1)OCO4)C(=O)OCCOCc1ccccc1)C32. The van der Waals surface area contributed by atoms with E-state index in [1.165, 1.54) is 12.1 Å². The highest BCUT2D eigenvalue weighted by molar-refractivity contribution is 6.03. The van der Waals surface area contributed by atoms with E-state index in [-0.39, 0.29) is 82.8 Å². The third-order valence-electron chi connectivity index (χ3n) is 14.4. The third-order valence-corrected chi connectivity index (χ3v) is 14.4. The van der Waals surface area contributed by atoms with Crippen LogP contribution in [-0.2, 0) is 38.8 Å². The zero-order valence-corrected chi connectivity index (χ0v) is 41.2. The van der Waals surface area contributed by atoms with E-state index < -0.39 is 28.8 Å². The molecule has 4 aromatic carbocycles. The minimum Gasteiger partial charge on any atom is -0.492 e. The summed E-state index contributed by atoms with van der Waals surface area (Å²) in [5.74, 6) is -0.0233. The fraction of sp³-hybridized carbons (Fsp3) is 0.464. The van der Waals surface area contributed by atoms with Crippen LogP contribution in [-0.4, -0.2) is 115 Å². The number of amides is 1. The van der Waals surface area contributed by atoms with Gasteiger partial charge in [0.05, 0.1) is 36.4 Å². The number of allylic oxidation sites excluding steroid dienone is 1. The monoisotopic (exact) mass is 1000 g/mol. The van der Waals surface area contributed by atoms with Crippen LogP contribution in [0.1, 0.15) is 73.1 Å². The zero-order valence-electron chi connectivity index (χ0n) is 41.2. The van der Waals surface area contributed by atoms with Gasteiger partial charge in [0.1, 0.15) is 37.4 Å². The van der Waals surface area contributed by atoms with Gasteiger partial charge in [-0.05, 0) is 102 Å². The van der Waals surface area contributed by atoms with E-state index in [0.29, 0.717) is 60.3 Å². The zero-order chi connectivity index (χ0) is 50.6. The van der Waals surface area contributed by atoms with Crippen molar-refractivity contribution in [2.45, 2.75) is 82.5 Å². The summed E-state index contributed by atoms with van der Waals surface area (Å²) < 4.78 is 44.7. The fourth-order valence-electron chi connectivity index (χ4n) is 10.8. The van der Waals surface area contributed by atoms with Crippen LogP contribution in [0.5, 0.6) is 23.0 Å². The van der Waals surface area contributed by atoms with E-state index in [1.54, 1.807) is 23.1 Å². The summed E-state index contributed by atoms with van der Waals surface area (Å²) in [4.78, 5) is 36.4. The quantitative estimate of drug-likeness (QED) is 0.0189. The number of rotatable bonds is 27. The minimum atomic E-state index is -1.57. The smallest absolute Gasteiger partial charge is 0.410 e. The Morgan fingerprint density at radius 3 is 2.40 bits per heavy atom. The van der Waals surface area contributed by atoms with Crippen LogP contribution in [0.3, 0.4) is 0 Å². The van der Waals surface area contributed by atoms with E-state index in [4.69, 9.17) is 43.2 Å². The highest BCUT2D eigenvalue weighted by atomic mass is 16.7. The van der Waals surface area contributed by atoms with Gasteiger partial charge in [-0.2, -0.15) is 0 Å². The standard InChI is InChI=1S/C56H66N4O13/c1-2-27-71-56-52(59(35-41-16-20-50-51(31-41)70-38-69-50)55(63)68-30-29-66-36-39-10-4-3-5-11-39)34-48(57-72-37-40-14-17-43(18-15-40)60(64)65)46-32-42(12-6-8-25-61)45(13-7-9-26-62)53(54(46)56)47-33-44(19-21-49(47)73-56)67-28-24-58-22-23-58/h2-5,10-11,14-21,31-33,42,45,52-54,61-62H,1,6-9,12-13,22-30,34-38H2. The molecule has 0 radical (unpaired) electrons. The second-order valence-corrected chi connectivity index (χ2v) is 19.1. The number of aliphatic hydroxyl groups excluding tert-OH is 2. The van der Waals surface area contributed by atoms with Gasteiger partial charge >= 0.3 is 6.09 Å². The molecule has 1 saturated carbocycles. The van der Waals surface area contributed by atoms with Crippen LogP contribution >= 0.6 is 0 Å². The molecular formula is C56H66N4O13. The summed E-state index contributed by atoms with van der Waals surface area (Å²) in [5.41, 5.74) is 4.73. The first kappa shape index (κ1) is 51.4. The minimum absolute atomic E-state index is 0.00111. The van der Waals surface area contributed by atoms with Crippen LogP contribution in [0.2, 0.25) is 0 Å². The number of nitrogens with zero attached hydrogens (tertiary/aromatic N) is 4. The number of carbonyl (C=O) groups excluding carboxylic acids is 1. The first-order chi connectivity index (χ1) is 35.8. The number of oxime groups is 1. The van der Waals surface area contributed by atoms with Gasteiger partial charge in [0, 0.05) is 69.4 Å². The van der Waals surface area contributed by atoms with Crippen LogP contribution in [0.25, 0.3) is 0 Å². The Labute approximate surface area is 426 Å². The molecule has 2 aliphatic carbocycles. The highest BCUT2D eigenvalue weighted by Gasteiger charge is 2.66. The predicted molar refractivity (Wildman–Crippen MR) is 270 cm³/mol. The normalized spacial score (nSPS) is 22.8. The maximum atomic E-state index is 15.2. The Morgan fingerprint density at radius 2 is 1.63 bits per heavy atom. The molecule has 6 atom stereocenters.